The van der Waals surface area contributed by atoms with Crippen LogP contribution in [0.2, 0.25) is 0 Å². The summed E-state index contributed by atoms with van der Waals surface area (Å²) in [4.78, 5) is 4.48. The first-order valence-corrected chi connectivity index (χ1v) is 8.83. The van der Waals surface area contributed by atoms with Crippen LogP contribution in [0.5, 0.6) is 5.75 Å². The molecule has 130 valence electrons. The molecule has 2 aromatic heterocycles. The maximum Gasteiger partial charge on any atom is 0.137 e. The summed E-state index contributed by atoms with van der Waals surface area (Å²) in [6, 6.07) is 11.0. The summed E-state index contributed by atoms with van der Waals surface area (Å²) in [5, 5.41) is 3.71. The molecule has 1 unspecified atom stereocenters. The predicted octanol–water partition coefficient (Wildman–Crippen LogP) is 2.97. The van der Waals surface area contributed by atoms with Gasteiger partial charge in [-0.3, -0.25) is 4.40 Å². The van der Waals surface area contributed by atoms with E-state index >= 15 is 0 Å². The molecule has 5 nitrogen and oxygen atoms in total. The second-order valence-electron chi connectivity index (χ2n) is 6.61. The monoisotopic (exact) mass is 336 g/mol. The molecular formula is C20H24N4O. The van der Waals surface area contributed by atoms with Crippen LogP contribution in [-0.2, 0) is 19.5 Å². The largest absolute Gasteiger partial charge is 0.495 e. The number of aryl methyl sites for hydroxylation is 1. The van der Waals surface area contributed by atoms with E-state index in [-0.39, 0.29) is 0 Å². The standard InChI is InChI=1S/C20H24N4O/c1-25-17-6-8-20-23-12-16(24(20)13-17)11-22-19-4-2-3-15-9-14(10-21)5-7-18(15)19/h5-9,12-13,19,22H,2-4,10-11,21H2,1H3. The summed E-state index contributed by atoms with van der Waals surface area (Å²) >= 11 is 0. The number of nitrogens with one attached hydrogen (secondary N) is 1. The molecule has 0 amide bonds. The number of methoxy groups -OCH3 is 1. The van der Waals surface area contributed by atoms with E-state index in [0.29, 0.717) is 12.6 Å². The molecule has 1 atom stereocenters. The third kappa shape index (κ3) is 3.13. The Labute approximate surface area is 147 Å². The van der Waals surface area contributed by atoms with E-state index in [9.17, 15) is 0 Å². The van der Waals surface area contributed by atoms with Crippen LogP contribution < -0.4 is 15.8 Å². The normalized spacial score (nSPS) is 16.8. The van der Waals surface area contributed by atoms with Gasteiger partial charge in [-0.05, 0) is 48.1 Å². The van der Waals surface area contributed by atoms with Crippen LogP contribution >= 0.6 is 0 Å². The van der Waals surface area contributed by atoms with E-state index < -0.39 is 0 Å². The zero-order valence-corrected chi connectivity index (χ0v) is 14.5. The van der Waals surface area contributed by atoms with Gasteiger partial charge in [0, 0.05) is 19.1 Å². The van der Waals surface area contributed by atoms with Gasteiger partial charge in [-0.1, -0.05) is 18.2 Å². The lowest BCUT2D eigenvalue weighted by Crippen LogP contribution is -2.25. The fraction of sp³-hybridized carbons (Fsp3) is 0.350. The van der Waals surface area contributed by atoms with Crippen molar-refractivity contribution < 1.29 is 4.74 Å². The van der Waals surface area contributed by atoms with Crippen molar-refractivity contribution >= 4 is 5.65 Å². The van der Waals surface area contributed by atoms with Crippen molar-refractivity contribution in [2.24, 2.45) is 5.73 Å². The lowest BCUT2D eigenvalue weighted by Gasteiger charge is -2.27. The highest BCUT2D eigenvalue weighted by Crippen LogP contribution is 2.30. The SMILES string of the molecule is COc1ccc2ncc(CNC3CCCc4cc(CN)ccc43)n2c1. The van der Waals surface area contributed by atoms with Crippen molar-refractivity contribution in [1.29, 1.82) is 0 Å². The van der Waals surface area contributed by atoms with Gasteiger partial charge in [-0.25, -0.2) is 4.98 Å². The number of imidazole rings is 1. The molecule has 3 aromatic rings. The zero-order valence-electron chi connectivity index (χ0n) is 14.5. The molecule has 1 aromatic carbocycles. The van der Waals surface area contributed by atoms with Crippen LogP contribution in [0, 0.1) is 0 Å². The van der Waals surface area contributed by atoms with Gasteiger partial charge in [-0.15, -0.1) is 0 Å². The molecule has 0 saturated heterocycles. The van der Waals surface area contributed by atoms with Gasteiger partial charge in [0.2, 0.25) is 0 Å². The van der Waals surface area contributed by atoms with Crippen molar-refractivity contribution in [2.45, 2.75) is 38.4 Å². The van der Waals surface area contributed by atoms with E-state index in [1.165, 1.54) is 23.1 Å². The van der Waals surface area contributed by atoms with Gasteiger partial charge >= 0.3 is 0 Å². The number of fused-ring (bicyclic) bond motifs is 2. The fourth-order valence-electron chi connectivity index (χ4n) is 3.70. The number of pyridine rings is 1. The molecule has 25 heavy (non-hydrogen) atoms. The minimum atomic E-state index is 0.381. The van der Waals surface area contributed by atoms with Crippen LogP contribution in [0.4, 0.5) is 0 Å². The Morgan fingerprint density at radius 1 is 1.32 bits per heavy atom. The second-order valence-corrected chi connectivity index (χ2v) is 6.61. The van der Waals surface area contributed by atoms with Gasteiger partial charge < -0.3 is 15.8 Å². The van der Waals surface area contributed by atoms with E-state index in [2.05, 4.69) is 32.9 Å². The molecule has 4 rings (SSSR count). The molecule has 0 bridgehead atoms. The average Bonchev–Trinajstić information content (AvgIpc) is 3.07. The van der Waals surface area contributed by atoms with Gasteiger partial charge in [0.15, 0.2) is 0 Å². The summed E-state index contributed by atoms with van der Waals surface area (Å²) < 4.78 is 7.42. The highest BCUT2D eigenvalue weighted by Gasteiger charge is 2.20. The van der Waals surface area contributed by atoms with Gasteiger partial charge in [-0.2, -0.15) is 0 Å². The van der Waals surface area contributed by atoms with E-state index in [4.69, 9.17) is 10.5 Å². The summed E-state index contributed by atoms with van der Waals surface area (Å²) in [5.74, 6) is 0.837. The van der Waals surface area contributed by atoms with Crippen molar-refractivity contribution in [3.8, 4) is 5.75 Å². The smallest absolute Gasteiger partial charge is 0.137 e. The number of aromatic nitrogens is 2. The summed E-state index contributed by atoms with van der Waals surface area (Å²) in [5.41, 5.74) is 11.9. The van der Waals surface area contributed by atoms with Crippen molar-refractivity contribution in [3.05, 3.63) is 65.1 Å². The Hall–Kier alpha value is -2.37. The van der Waals surface area contributed by atoms with Crippen molar-refractivity contribution in [3.63, 3.8) is 0 Å². The molecule has 0 aliphatic heterocycles. The number of hydrogen-bond acceptors (Lipinski definition) is 4. The first kappa shape index (κ1) is 16.1. The minimum absolute atomic E-state index is 0.381. The molecule has 5 heteroatoms. The number of hydrogen-bond donors (Lipinski definition) is 2. The van der Waals surface area contributed by atoms with Crippen LogP contribution in [0.15, 0.2) is 42.7 Å². The lowest BCUT2D eigenvalue weighted by atomic mass is 9.86. The summed E-state index contributed by atoms with van der Waals surface area (Å²) in [6.07, 6.45) is 7.44. The second kappa shape index (κ2) is 6.86. The van der Waals surface area contributed by atoms with Gasteiger partial charge in [0.1, 0.15) is 11.4 Å². The van der Waals surface area contributed by atoms with Crippen LogP contribution in [0.25, 0.3) is 5.65 Å². The van der Waals surface area contributed by atoms with E-state index in [1.807, 2.05) is 24.5 Å². The van der Waals surface area contributed by atoms with Crippen molar-refractivity contribution in [2.75, 3.05) is 7.11 Å². The number of nitrogens with two attached hydrogens (primary N) is 1. The quantitative estimate of drug-likeness (QED) is 0.752. The first-order chi connectivity index (χ1) is 12.3. The summed E-state index contributed by atoms with van der Waals surface area (Å²) in [6.45, 7) is 1.38. The third-order valence-corrected chi connectivity index (χ3v) is 5.08. The Morgan fingerprint density at radius 2 is 2.24 bits per heavy atom. The number of benzene rings is 1. The molecule has 0 spiro atoms. The first-order valence-electron chi connectivity index (χ1n) is 8.83. The lowest BCUT2D eigenvalue weighted by molar-refractivity contribution is 0.411. The molecular weight excluding hydrogens is 312 g/mol. The van der Waals surface area contributed by atoms with Gasteiger partial charge in [0.05, 0.1) is 25.2 Å². The fourth-order valence-corrected chi connectivity index (χ4v) is 3.70. The van der Waals surface area contributed by atoms with E-state index in [1.54, 1.807) is 7.11 Å². The maximum absolute atomic E-state index is 5.78. The Balaban J connectivity index is 1.55. The average molecular weight is 336 g/mol. The number of rotatable bonds is 5. The highest BCUT2D eigenvalue weighted by molar-refractivity contribution is 5.43. The molecule has 1 aliphatic rings. The zero-order chi connectivity index (χ0) is 17.2. The Bertz CT molecular complexity index is 887. The van der Waals surface area contributed by atoms with Crippen LogP contribution in [-0.4, -0.2) is 16.5 Å². The molecule has 0 saturated carbocycles. The highest BCUT2D eigenvalue weighted by atomic mass is 16.5. The topological polar surface area (TPSA) is 64.6 Å². The van der Waals surface area contributed by atoms with Crippen LogP contribution in [0.1, 0.15) is 41.3 Å². The van der Waals surface area contributed by atoms with E-state index in [0.717, 1.165) is 36.5 Å². The minimum Gasteiger partial charge on any atom is -0.495 e. The Morgan fingerprint density at radius 3 is 3.08 bits per heavy atom. The van der Waals surface area contributed by atoms with Crippen molar-refractivity contribution in [1.82, 2.24) is 14.7 Å². The van der Waals surface area contributed by atoms with Crippen LogP contribution in [0.3, 0.4) is 0 Å². The molecule has 1 aliphatic carbocycles. The molecule has 2 heterocycles. The maximum atomic E-state index is 5.78. The van der Waals surface area contributed by atoms with Gasteiger partial charge in [0.25, 0.3) is 0 Å². The number of nitrogens with zero attached hydrogens (tertiary/aromatic N) is 2. The molecule has 0 fully saturated rings. The number of ether oxygens (including phenoxy) is 1. The summed E-state index contributed by atoms with van der Waals surface area (Å²) in [7, 11) is 1.69. The third-order valence-electron chi connectivity index (χ3n) is 5.08. The molecule has 0 radical (unpaired) electrons. The predicted molar refractivity (Wildman–Crippen MR) is 98.6 cm³/mol. The molecule has 3 N–H and O–H groups in total. The Kier molecular flexibility index (Phi) is 4.42.